The molecular weight excluding hydrogens is 284 g/mol. The lowest BCUT2D eigenvalue weighted by atomic mass is 10.1. The van der Waals surface area contributed by atoms with E-state index in [1.165, 1.54) is 12.1 Å². The summed E-state index contributed by atoms with van der Waals surface area (Å²) in [6, 6.07) is 12.6. The smallest absolute Gasteiger partial charge is 0.335 e. The zero-order valence-corrected chi connectivity index (χ0v) is 12.6. The second kappa shape index (κ2) is 6.37. The van der Waals surface area contributed by atoms with Crippen molar-refractivity contribution >= 4 is 34.7 Å². The monoisotopic (exact) mass is 300 g/mol. The molecule has 0 amide bonds. The molecule has 2 rings (SSSR count). The number of hydrogen-bond acceptors (Lipinski definition) is 2. The molecule has 0 atom stereocenters. The highest BCUT2D eigenvalue weighted by molar-refractivity contribution is 7.80. The third-order valence-electron chi connectivity index (χ3n) is 2.85. The SMILES string of the molecule is Cc1cc(C)cc(NC(=S)Nc2cccc(C(=O)O)c2)c1. The molecule has 0 aliphatic heterocycles. The Hall–Kier alpha value is -2.40. The van der Waals surface area contributed by atoms with Crippen LogP contribution in [0.1, 0.15) is 21.5 Å². The van der Waals surface area contributed by atoms with E-state index in [-0.39, 0.29) is 5.56 Å². The van der Waals surface area contributed by atoms with E-state index >= 15 is 0 Å². The van der Waals surface area contributed by atoms with E-state index in [9.17, 15) is 4.79 Å². The molecule has 0 radical (unpaired) electrons. The van der Waals surface area contributed by atoms with Crippen LogP contribution in [0.25, 0.3) is 0 Å². The molecule has 0 heterocycles. The van der Waals surface area contributed by atoms with Crippen molar-refractivity contribution in [1.82, 2.24) is 0 Å². The van der Waals surface area contributed by atoms with Crippen molar-refractivity contribution in [3.8, 4) is 0 Å². The molecule has 0 aliphatic rings. The maximum atomic E-state index is 10.9. The normalized spacial score (nSPS) is 10.0. The molecule has 0 spiro atoms. The molecule has 21 heavy (non-hydrogen) atoms. The molecular formula is C16H16N2O2S. The van der Waals surface area contributed by atoms with Crippen molar-refractivity contribution in [2.75, 3.05) is 10.6 Å². The number of anilines is 2. The summed E-state index contributed by atoms with van der Waals surface area (Å²) in [7, 11) is 0. The lowest BCUT2D eigenvalue weighted by Gasteiger charge is -2.12. The number of carboxylic acids is 1. The van der Waals surface area contributed by atoms with Gasteiger partial charge in [0.1, 0.15) is 0 Å². The maximum absolute atomic E-state index is 10.9. The van der Waals surface area contributed by atoms with Crippen molar-refractivity contribution in [3.05, 3.63) is 59.2 Å². The minimum absolute atomic E-state index is 0.217. The molecule has 0 saturated heterocycles. The predicted molar refractivity (Wildman–Crippen MR) is 89.2 cm³/mol. The Morgan fingerprint density at radius 2 is 1.62 bits per heavy atom. The van der Waals surface area contributed by atoms with E-state index < -0.39 is 5.97 Å². The van der Waals surface area contributed by atoms with Crippen LogP contribution in [-0.2, 0) is 0 Å². The molecule has 5 heteroatoms. The quantitative estimate of drug-likeness (QED) is 0.752. The van der Waals surface area contributed by atoms with Gasteiger partial charge in [-0.15, -0.1) is 0 Å². The maximum Gasteiger partial charge on any atom is 0.335 e. The molecule has 2 aromatic carbocycles. The number of hydrogen-bond donors (Lipinski definition) is 3. The topological polar surface area (TPSA) is 61.4 Å². The summed E-state index contributed by atoms with van der Waals surface area (Å²) < 4.78 is 0. The number of rotatable bonds is 3. The summed E-state index contributed by atoms with van der Waals surface area (Å²) in [6.45, 7) is 4.04. The summed E-state index contributed by atoms with van der Waals surface area (Å²) in [5.74, 6) is -0.966. The van der Waals surface area contributed by atoms with Gasteiger partial charge in [-0.05, 0) is 67.5 Å². The van der Waals surface area contributed by atoms with Gasteiger partial charge in [0.2, 0.25) is 0 Å². The van der Waals surface area contributed by atoms with E-state index in [0.717, 1.165) is 16.8 Å². The van der Waals surface area contributed by atoms with Crippen molar-refractivity contribution < 1.29 is 9.90 Å². The van der Waals surface area contributed by atoms with Crippen LogP contribution >= 0.6 is 12.2 Å². The van der Waals surface area contributed by atoms with Gasteiger partial charge in [-0.1, -0.05) is 12.1 Å². The highest BCUT2D eigenvalue weighted by Crippen LogP contribution is 2.15. The minimum atomic E-state index is -0.966. The van der Waals surface area contributed by atoms with E-state index in [1.807, 2.05) is 26.0 Å². The molecule has 108 valence electrons. The molecule has 4 nitrogen and oxygen atoms in total. The van der Waals surface area contributed by atoms with Gasteiger partial charge in [0.15, 0.2) is 5.11 Å². The molecule has 0 unspecified atom stereocenters. The molecule has 0 bridgehead atoms. The third-order valence-corrected chi connectivity index (χ3v) is 3.05. The van der Waals surface area contributed by atoms with E-state index in [2.05, 4.69) is 16.7 Å². The molecule has 0 fully saturated rings. The zero-order chi connectivity index (χ0) is 15.4. The summed E-state index contributed by atoms with van der Waals surface area (Å²) in [4.78, 5) is 10.9. The number of carboxylic acid groups (broad SMARTS) is 1. The average molecular weight is 300 g/mol. The van der Waals surface area contributed by atoms with Gasteiger partial charge in [-0.25, -0.2) is 4.79 Å². The predicted octanol–water partition coefficient (Wildman–Crippen LogP) is 3.81. The average Bonchev–Trinajstić information content (AvgIpc) is 2.37. The van der Waals surface area contributed by atoms with Gasteiger partial charge >= 0.3 is 5.97 Å². The molecule has 0 aromatic heterocycles. The van der Waals surface area contributed by atoms with Crippen molar-refractivity contribution in [2.24, 2.45) is 0 Å². The fraction of sp³-hybridized carbons (Fsp3) is 0.125. The van der Waals surface area contributed by atoms with Crippen molar-refractivity contribution in [2.45, 2.75) is 13.8 Å². The van der Waals surface area contributed by atoms with Crippen molar-refractivity contribution in [1.29, 1.82) is 0 Å². The first-order valence-corrected chi connectivity index (χ1v) is 6.84. The number of aryl methyl sites for hydroxylation is 2. The van der Waals surface area contributed by atoms with Gasteiger partial charge in [0.25, 0.3) is 0 Å². The van der Waals surface area contributed by atoms with Crippen LogP contribution in [0.4, 0.5) is 11.4 Å². The van der Waals surface area contributed by atoms with Gasteiger partial charge in [0.05, 0.1) is 5.56 Å². The Labute approximate surface area is 128 Å². The largest absolute Gasteiger partial charge is 0.478 e. The lowest BCUT2D eigenvalue weighted by molar-refractivity contribution is 0.0697. The van der Waals surface area contributed by atoms with Crippen LogP contribution < -0.4 is 10.6 Å². The summed E-state index contributed by atoms with van der Waals surface area (Å²) >= 11 is 5.24. The molecule has 0 aliphatic carbocycles. The van der Waals surface area contributed by atoms with Crippen LogP contribution in [0.3, 0.4) is 0 Å². The number of aromatic carboxylic acids is 1. The Bertz CT molecular complexity index is 678. The Morgan fingerprint density at radius 3 is 2.24 bits per heavy atom. The van der Waals surface area contributed by atoms with Crippen LogP contribution in [0.2, 0.25) is 0 Å². The van der Waals surface area contributed by atoms with Crippen LogP contribution in [-0.4, -0.2) is 16.2 Å². The zero-order valence-electron chi connectivity index (χ0n) is 11.8. The van der Waals surface area contributed by atoms with E-state index in [4.69, 9.17) is 17.3 Å². The lowest BCUT2D eigenvalue weighted by Crippen LogP contribution is -2.19. The number of thiocarbonyl (C=S) groups is 1. The number of benzene rings is 2. The highest BCUT2D eigenvalue weighted by atomic mass is 32.1. The summed E-state index contributed by atoms with van der Waals surface area (Å²) in [6.07, 6.45) is 0. The Balaban J connectivity index is 2.08. The standard InChI is InChI=1S/C16H16N2O2S/c1-10-6-11(2)8-14(7-10)18-16(21)17-13-5-3-4-12(9-13)15(19)20/h3-9H,1-2H3,(H,19,20)(H2,17,18,21). The van der Waals surface area contributed by atoms with Gasteiger partial charge in [-0.3, -0.25) is 0 Å². The van der Waals surface area contributed by atoms with Crippen LogP contribution in [0.15, 0.2) is 42.5 Å². The van der Waals surface area contributed by atoms with Gasteiger partial charge < -0.3 is 15.7 Å². The first-order valence-electron chi connectivity index (χ1n) is 6.44. The first-order chi connectivity index (χ1) is 9.94. The fourth-order valence-corrected chi connectivity index (χ4v) is 2.31. The van der Waals surface area contributed by atoms with Gasteiger partial charge in [-0.2, -0.15) is 0 Å². The van der Waals surface area contributed by atoms with Gasteiger partial charge in [0, 0.05) is 11.4 Å². The van der Waals surface area contributed by atoms with E-state index in [0.29, 0.717) is 10.8 Å². The minimum Gasteiger partial charge on any atom is -0.478 e. The highest BCUT2D eigenvalue weighted by Gasteiger charge is 2.05. The molecule has 3 N–H and O–H groups in total. The fourth-order valence-electron chi connectivity index (χ4n) is 2.07. The third kappa shape index (κ3) is 4.29. The Morgan fingerprint density at radius 1 is 1.00 bits per heavy atom. The second-order valence-corrected chi connectivity index (χ2v) is 5.25. The summed E-state index contributed by atoms with van der Waals surface area (Å²) in [5, 5.41) is 15.5. The van der Waals surface area contributed by atoms with E-state index in [1.54, 1.807) is 12.1 Å². The van der Waals surface area contributed by atoms with Crippen LogP contribution in [0.5, 0.6) is 0 Å². The number of nitrogens with one attached hydrogen (secondary N) is 2. The second-order valence-electron chi connectivity index (χ2n) is 4.84. The first kappa shape index (κ1) is 15.0. The summed E-state index contributed by atoms with van der Waals surface area (Å²) in [5.41, 5.74) is 4.05. The van der Waals surface area contributed by atoms with Crippen LogP contribution in [0, 0.1) is 13.8 Å². The molecule has 0 saturated carbocycles. The Kier molecular flexibility index (Phi) is 4.55. The van der Waals surface area contributed by atoms with Crippen molar-refractivity contribution in [3.63, 3.8) is 0 Å². The number of carbonyl (C=O) groups is 1. The molecule has 2 aromatic rings.